The third-order valence-electron chi connectivity index (χ3n) is 3.71. The first kappa shape index (κ1) is 17.4. The van der Waals surface area contributed by atoms with Crippen molar-refractivity contribution in [3.63, 3.8) is 0 Å². The first-order chi connectivity index (χ1) is 9.58. The number of nitrogens with one attached hydrogen (secondary N) is 2. The Morgan fingerprint density at radius 2 is 2.19 bits per heavy atom. The van der Waals surface area contributed by atoms with Gasteiger partial charge in [-0.15, -0.1) is 12.4 Å². The molecule has 1 amide bonds. The van der Waals surface area contributed by atoms with Gasteiger partial charge in [0.25, 0.3) is 5.69 Å². The Morgan fingerprint density at radius 3 is 2.86 bits per heavy atom. The minimum absolute atomic E-state index is 0. The molecule has 0 radical (unpaired) electrons. The van der Waals surface area contributed by atoms with E-state index in [0.717, 1.165) is 19.5 Å². The van der Waals surface area contributed by atoms with E-state index in [1.54, 1.807) is 18.2 Å². The highest BCUT2D eigenvalue weighted by molar-refractivity contribution is 5.85. The zero-order valence-corrected chi connectivity index (χ0v) is 12.7. The van der Waals surface area contributed by atoms with Gasteiger partial charge in [-0.05, 0) is 18.9 Å². The molecule has 2 N–H and O–H groups in total. The summed E-state index contributed by atoms with van der Waals surface area (Å²) < 4.78 is 0. The monoisotopic (exact) mass is 313 g/mol. The summed E-state index contributed by atoms with van der Waals surface area (Å²) in [7, 11) is 0. The molecule has 1 fully saturated rings. The predicted molar refractivity (Wildman–Crippen MR) is 82.6 cm³/mol. The molecule has 1 aromatic rings. The minimum Gasteiger partial charge on any atom is -0.352 e. The maximum Gasteiger partial charge on any atom is 0.273 e. The fraction of sp³-hybridized carbons (Fsp3) is 0.500. The number of halogens is 1. The van der Waals surface area contributed by atoms with E-state index in [1.807, 2.05) is 0 Å². The van der Waals surface area contributed by atoms with Crippen molar-refractivity contribution in [2.24, 2.45) is 5.92 Å². The number of nitro benzene ring substituents is 1. The summed E-state index contributed by atoms with van der Waals surface area (Å²) in [6, 6.07) is 6.46. The lowest BCUT2D eigenvalue weighted by Crippen LogP contribution is -2.50. The molecule has 2 atom stereocenters. The molecule has 0 saturated carbocycles. The van der Waals surface area contributed by atoms with E-state index < -0.39 is 4.92 Å². The Kier molecular flexibility index (Phi) is 6.58. The molecule has 0 bridgehead atoms. The number of carbonyl (C=O) groups is 1. The summed E-state index contributed by atoms with van der Waals surface area (Å²) in [5.74, 6) is 0.255. The number of piperidine rings is 1. The van der Waals surface area contributed by atoms with Crippen LogP contribution in [0.4, 0.5) is 5.69 Å². The van der Waals surface area contributed by atoms with Crippen LogP contribution in [-0.4, -0.2) is 30.0 Å². The Bertz CT molecular complexity index is 510. The summed E-state index contributed by atoms with van der Waals surface area (Å²) in [4.78, 5) is 22.5. The minimum atomic E-state index is -0.451. The van der Waals surface area contributed by atoms with Crippen LogP contribution in [0.15, 0.2) is 24.3 Å². The smallest absolute Gasteiger partial charge is 0.273 e. The van der Waals surface area contributed by atoms with E-state index >= 15 is 0 Å². The number of para-hydroxylation sites is 1. The molecule has 7 heteroatoms. The lowest BCUT2D eigenvalue weighted by Gasteiger charge is -2.30. The molecule has 0 aliphatic carbocycles. The van der Waals surface area contributed by atoms with Crippen LogP contribution < -0.4 is 10.6 Å². The molecule has 1 saturated heterocycles. The highest BCUT2D eigenvalue weighted by atomic mass is 35.5. The summed E-state index contributed by atoms with van der Waals surface area (Å²) in [6.45, 7) is 3.83. The van der Waals surface area contributed by atoms with Crippen molar-refractivity contribution in [1.29, 1.82) is 0 Å². The van der Waals surface area contributed by atoms with Crippen molar-refractivity contribution in [2.45, 2.75) is 25.8 Å². The SMILES string of the molecule is CC1CCNCC1NC(=O)Cc1ccccc1[N+](=O)[O-].Cl. The van der Waals surface area contributed by atoms with Gasteiger partial charge < -0.3 is 10.6 Å². The van der Waals surface area contributed by atoms with Gasteiger partial charge in [-0.1, -0.05) is 25.1 Å². The van der Waals surface area contributed by atoms with Crippen LogP contribution >= 0.6 is 12.4 Å². The summed E-state index contributed by atoms with van der Waals surface area (Å²) >= 11 is 0. The van der Waals surface area contributed by atoms with Crippen LogP contribution in [-0.2, 0) is 11.2 Å². The Balaban J connectivity index is 0.00000220. The van der Waals surface area contributed by atoms with Crippen LogP contribution in [0.3, 0.4) is 0 Å². The molecule has 6 nitrogen and oxygen atoms in total. The van der Waals surface area contributed by atoms with E-state index in [9.17, 15) is 14.9 Å². The van der Waals surface area contributed by atoms with Gasteiger partial charge in [-0.3, -0.25) is 14.9 Å². The second-order valence-electron chi connectivity index (χ2n) is 5.21. The summed E-state index contributed by atoms with van der Waals surface area (Å²) in [5.41, 5.74) is 0.448. The van der Waals surface area contributed by atoms with E-state index in [-0.39, 0.29) is 36.5 Å². The maximum absolute atomic E-state index is 12.0. The third-order valence-corrected chi connectivity index (χ3v) is 3.71. The second kappa shape index (κ2) is 7.95. The van der Waals surface area contributed by atoms with Crippen molar-refractivity contribution in [3.8, 4) is 0 Å². The van der Waals surface area contributed by atoms with Gasteiger partial charge in [0.15, 0.2) is 0 Å². The quantitative estimate of drug-likeness (QED) is 0.654. The number of benzene rings is 1. The molecule has 0 aromatic heterocycles. The highest BCUT2D eigenvalue weighted by Gasteiger charge is 2.23. The average Bonchev–Trinajstić information content (AvgIpc) is 2.41. The molecule has 116 valence electrons. The molecule has 0 spiro atoms. The van der Waals surface area contributed by atoms with Gasteiger partial charge in [-0.25, -0.2) is 0 Å². The molecular formula is C14H20ClN3O3. The third kappa shape index (κ3) is 4.68. The number of nitro groups is 1. The zero-order valence-electron chi connectivity index (χ0n) is 11.9. The van der Waals surface area contributed by atoms with E-state index in [0.29, 0.717) is 11.5 Å². The molecule has 2 rings (SSSR count). The molecule has 21 heavy (non-hydrogen) atoms. The number of nitrogens with zero attached hydrogens (tertiary/aromatic N) is 1. The highest BCUT2D eigenvalue weighted by Crippen LogP contribution is 2.18. The van der Waals surface area contributed by atoms with Crippen molar-refractivity contribution >= 4 is 24.0 Å². The normalized spacial score (nSPS) is 21.2. The summed E-state index contributed by atoms with van der Waals surface area (Å²) in [5, 5.41) is 17.1. The predicted octanol–water partition coefficient (Wildman–Crippen LogP) is 1.67. The maximum atomic E-state index is 12.0. The van der Waals surface area contributed by atoms with Gasteiger partial charge in [0, 0.05) is 24.2 Å². The molecular weight excluding hydrogens is 294 g/mol. The Hall–Kier alpha value is -1.66. The van der Waals surface area contributed by atoms with Crippen LogP contribution in [0.5, 0.6) is 0 Å². The molecule has 1 aliphatic heterocycles. The van der Waals surface area contributed by atoms with Crippen molar-refractivity contribution in [1.82, 2.24) is 10.6 Å². The van der Waals surface area contributed by atoms with Crippen molar-refractivity contribution in [3.05, 3.63) is 39.9 Å². The summed E-state index contributed by atoms with van der Waals surface area (Å²) in [6.07, 6.45) is 1.07. The van der Waals surface area contributed by atoms with E-state index in [2.05, 4.69) is 17.6 Å². The van der Waals surface area contributed by atoms with Gasteiger partial charge in [-0.2, -0.15) is 0 Å². The number of hydrogen-bond donors (Lipinski definition) is 2. The largest absolute Gasteiger partial charge is 0.352 e. The fourth-order valence-electron chi connectivity index (χ4n) is 2.45. The second-order valence-corrected chi connectivity index (χ2v) is 5.21. The van der Waals surface area contributed by atoms with Crippen molar-refractivity contribution < 1.29 is 9.72 Å². The first-order valence-electron chi connectivity index (χ1n) is 6.80. The van der Waals surface area contributed by atoms with Crippen molar-refractivity contribution in [2.75, 3.05) is 13.1 Å². The molecule has 1 heterocycles. The van der Waals surface area contributed by atoms with Gasteiger partial charge >= 0.3 is 0 Å². The van der Waals surface area contributed by atoms with Gasteiger partial charge in [0.2, 0.25) is 5.91 Å². The topological polar surface area (TPSA) is 84.3 Å². The number of carbonyl (C=O) groups excluding carboxylic acids is 1. The number of hydrogen-bond acceptors (Lipinski definition) is 4. The Morgan fingerprint density at radius 1 is 1.48 bits per heavy atom. The lowest BCUT2D eigenvalue weighted by atomic mass is 9.94. The molecule has 2 unspecified atom stereocenters. The molecule has 1 aromatic carbocycles. The standard InChI is InChI=1S/C14H19N3O3.ClH/c1-10-6-7-15-9-12(10)16-14(18)8-11-4-2-3-5-13(11)17(19)20;/h2-5,10,12,15H,6-9H2,1H3,(H,16,18);1H. The Labute approximate surface area is 129 Å². The average molecular weight is 314 g/mol. The number of amides is 1. The van der Waals surface area contributed by atoms with E-state index in [1.165, 1.54) is 6.07 Å². The van der Waals surface area contributed by atoms with Gasteiger partial charge in [0.1, 0.15) is 0 Å². The first-order valence-corrected chi connectivity index (χ1v) is 6.80. The van der Waals surface area contributed by atoms with E-state index in [4.69, 9.17) is 0 Å². The molecule has 1 aliphatic rings. The van der Waals surface area contributed by atoms with Crippen LogP contribution in [0.1, 0.15) is 18.9 Å². The lowest BCUT2D eigenvalue weighted by molar-refractivity contribution is -0.385. The number of rotatable bonds is 4. The fourth-order valence-corrected chi connectivity index (χ4v) is 2.45. The van der Waals surface area contributed by atoms with Crippen LogP contribution in [0, 0.1) is 16.0 Å². The van der Waals surface area contributed by atoms with Gasteiger partial charge in [0.05, 0.1) is 11.3 Å². The zero-order chi connectivity index (χ0) is 14.5. The van der Waals surface area contributed by atoms with Crippen LogP contribution in [0.2, 0.25) is 0 Å². The van der Waals surface area contributed by atoms with Crippen LogP contribution in [0.25, 0.3) is 0 Å².